The zero-order chi connectivity index (χ0) is 17.0. The first-order chi connectivity index (χ1) is 10.9. The predicted molar refractivity (Wildman–Crippen MR) is 93.0 cm³/mol. The maximum absolute atomic E-state index is 12.5. The first kappa shape index (κ1) is 17.8. The Morgan fingerprint density at radius 2 is 1.96 bits per heavy atom. The fourth-order valence-corrected chi connectivity index (χ4v) is 2.64. The number of hydrogen-bond donors (Lipinski definition) is 1. The number of nitrogens with one attached hydrogen (secondary N) is 1. The van der Waals surface area contributed by atoms with E-state index >= 15 is 0 Å². The van der Waals surface area contributed by atoms with Gasteiger partial charge < -0.3 is 10.2 Å². The summed E-state index contributed by atoms with van der Waals surface area (Å²) in [5, 5.41) is 8.12. The Balaban J connectivity index is 2.18. The van der Waals surface area contributed by atoms with Crippen LogP contribution in [0.1, 0.15) is 28.5 Å². The Labute approximate surface area is 146 Å². The van der Waals surface area contributed by atoms with Gasteiger partial charge in [0, 0.05) is 18.3 Å². The highest BCUT2D eigenvalue weighted by atomic mass is 35.5. The SMILES string of the molecule is CN(C)CCC(NC(=O)c1nn(C)cc1Cl)c1ccc(Cl)cc1. The van der Waals surface area contributed by atoms with E-state index in [2.05, 4.69) is 15.3 Å². The van der Waals surface area contributed by atoms with E-state index in [1.807, 2.05) is 38.4 Å². The van der Waals surface area contributed by atoms with Gasteiger partial charge in [-0.2, -0.15) is 5.10 Å². The van der Waals surface area contributed by atoms with Gasteiger partial charge in [-0.05, 0) is 44.8 Å². The molecule has 0 aliphatic heterocycles. The average molecular weight is 355 g/mol. The average Bonchev–Trinajstić information content (AvgIpc) is 2.83. The molecule has 1 aromatic heterocycles. The van der Waals surface area contributed by atoms with Gasteiger partial charge in [-0.25, -0.2) is 0 Å². The van der Waals surface area contributed by atoms with Crippen LogP contribution in [0.3, 0.4) is 0 Å². The first-order valence-electron chi connectivity index (χ1n) is 7.27. The van der Waals surface area contributed by atoms with E-state index in [-0.39, 0.29) is 17.6 Å². The summed E-state index contributed by atoms with van der Waals surface area (Å²) in [4.78, 5) is 14.5. The molecule has 1 amide bonds. The van der Waals surface area contributed by atoms with Crippen LogP contribution in [-0.4, -0.2) is 41.2 Å². The Morgan fingerprint density at radius 3 is 2.48 bits per heavy atom. The van der Waals surface area contributed by atoms with Gasteiger partial charge in [0.2, 0.25) is 0 Å². The summed E-state index contributed by atoms with van der Waals surface area (Å²) in [5.74, 6) is -0.283. The number of carbonyl (C=O) groups excluding carboxylic acids is 1. The molecule has 0 spiro atoms. The van der Waals surface area contributed by atoms with Crippen LogP contribution in [0.25, 0.3) is 0 Å². The molecule has 0 fully saturated rings. The fraction of sp³-hybridized carbons (Fsp3) is 0.375. The minimum Gasteiger partial charge on any atom is -0.344 e. The van der Waals surface area contributed by atoms with Crippen molar-refractivity contribution in [3.8, 4) is 0 Å². The normalized spacial score (nSPS) is 12.4. The second-order valence-corrected chi connectivity index (χ2v) is 6.51. The van der Waals surface area contributed by atoms with Crippen LogP contribution < -0.4 is 5.32 Å². The third-order valence-corrected chi connectivity index (χ3v) is 3.97. The zero-order valence-corrected chi connectivity index (χ0v) is 14.9. The summed E-state index contributed by atoms with van der Waals surface area (Å²) in [7, 11) is 5.72. The molecule has 0 aliphatic carbocycles. The molecule has 1 unspecified atom stereocenters. The molecule has 0 radical (unpaired) electrons. The number of rotatable bonds is 6. The molecule has 0 saturated carbocycles. The molecule has 7 heteroatoms. The maximum Gasteiger partial charge on any atom is 0.273 e. The van der Waals surface area contributed by atoms with Crippen molar-refractivity contribution in [2.45, 2.75) is 12.5 Å². The van der Waals surface area contributed by atoms with Crippen molar-refractivity contribution in [1.29, 1.82) is 0 Å². The van der Waals surface area contributed by atoms with Crippen LogP contribution in [0.2, 0.25) is 10.0 Å². The highest BCUT2D eigenvalue weighted by molar-refractivity contribution is 6.33. The Bertz CT molecular complexity index is 667. The molecule has 0 aliphatic rings. The molecular weight excluding hydrogens is 335 g/mol. The Morgan fingerprint density at radius 1 is 1.30 bits per heavy atom. The van der Waals surface area contributed by atoms with Gasteiger partial charge in [0.1, 0.15) is 0 Å². The summed E-state index contributed by atoms with van der Waals surface area (Å²) in [6.45, 7) is 0.837. The van der Waals surface area contributed by atoms with E-state index in [0.717, 1.165) is 18.5 Å². The zero-order valence-electron chi connectivity index (χ0n) is 13.4. The third kappa shape index (κ3) is 4.96. The summed E-state index contributed by atoms with van der Waals surface area (Å²) in [6.07, 6.45) is 2.37. The number of aryl methyl sites for hydroxylation is 1. The lowest BCUT2D eigenvalue weighted by Crippen LogP contribution is -2.31. The van der Waals surface area contributed by atoms with Crippen LogP contribution in [-0.2, 0) is 7.05 Å². The highest BCUT2D eigenvalue weighted by Crippen LogP contribution is 2.21. The topological polar surface area (TPSA) is 50.2 Å². The number of amides is 1. The van der Waals surface area contributed by atoms with Crippen LogP contribution >= 0.6 is 23.2 Å². The molecule has 2 rings (SSSR count). The van der Waals surface area contributed by atoms with Crippen molar-refractivity contribution < 1.29 is 4.79 Å². The molecule has 23 heavy (non-hydrogen) atoms. The summed E-state index contributed by atoms with van der Waals surface area (Å²) >= 11 is 12.0. The van der Waals surface area contributed by atoms with Gasteiger partial charge in [0.15, 0.2) is 5.69 Å². The van der Waals surface area contributed by atoms with Gasteiger partial charge in [-0.3, -0.25) is 9.48 Å². The lowest BCUT2D eigenvalue weighted by atomic mass is 10.0. The molecule has 1 aromatic carbocycles. The van der Waals surface area contributed by atoms with Crippen molar-refractivity contribution in [2.24, 2.45) is 7.05 Å². The molecule has 1 heterocycles. The van der Waals surface area contributed by atoms with Gasteiger partial charge >= 0.3 is 0 Å². The smallest absolute Gasteiger partial charge is 0.273 e. The Kier molecular flexibility index (Phi) is 6.04. The molecule has 1 N–H and O–H groups in total. The van der Waals surface area contributed by atoms with Crippen molar-refractivity contribution in [3.63, 3.8) is 0 Å². The van der Waals surface area contributed by atoms with Crippen LogP contribution in [0.15, 0.2) is 30.5 Å². The summed E-state index contributed by atoms with van der Waals surface area (Å²) in [6, 6.07) is 7.34. The minimum atomic E-state index is -0.283. The monoisotopic (exact) mass is 354 g/mol. The number of carbonyl (C=O) groups is 1. The molecule has 0 saturated heterocycles. The third-order valence-electron chi connectivity index (χ3n) is 3.44. The number of hydrogen-bond acceptors (Lipinski definition) is 3. The number of halogens is 2. The molecule has 0 bridgehead atoms. The van der Waals surface area contributed by atoms with Crippen LogP contribution in [0, 0.1) is 0 Å². The van der Waals surface area contributed by atoms with Crippen molar-refractivity contribution in [2.75, 3.05) is 20.6 Å². The van der Waals surface area contributed by atoms with Crippen LogP contribution in [0.4, 0.5) is 0 Å². The van der Waals surface area contributed by atoms with E-state index in [9.17, 15) is 4.79 Å². The quantitative estimate of drug-likeness (QED) is 0.866. The number of benzene rings is 1. The summed E-state index contributed by atoms with van der Waals surface area (Å²) in [5.41, 5.74) is 1.23. The molecule has 124 valence electrons. The number of nitrogens with zero attached hydrogens (tertiary/aromatic N) is 3. The van der Waals surface area contributed by atoms with Crippen molar-refractivity contribution in [1.82, 2.24) is 20.0 Å². The highest BCUT2D eigenvalue weighted by Gasteiger charge is 2.20. The standard InChI is InChI=1S/C16H20Cl2N4O/c1-21(2)9-8-14(11-4-6-12(17)7-5-11)19-16(23)15-13(18)10-22(3)20-15/h4-7,10,14H,8-9H2,1-3H3,(H,19,23). The van der Waals surface area contributed by atoms with E-state index < -0.39 is 0 Å². The van der Waals surface area contributed by atoms with Crippen molar-refractivity contribution >= 4 is 29.1 Å². The van der Waals surface area contributed by atoms with Gasteiger partial charge in [-0.15, -0.1) is 0 Å². The van der Waals surface area contributed by atoms with E-state index in [1.54, 1.807) is 13.2 Å². The van der Waals surface area contributed by atoms with E-state index in [4.69, 9.17) is 23.2 Å². The minimum absolute atomic E-state index is 0.139. The summed E-state index contributed by atoms with van der Waals surface area (Å²) < 4.78 is 1.52. The molecular formula is C16H20Cl2N4O. The lowest BCUT2D eigenvalue weighted by Gasteiger charge is -2.21. The van der Waals surface area contributed by atoms with Crippen molar-refractivity contribution in [3.05, 3.63) is 51.8 Å². The Hall–Kier alpha value is -1.56. The predicted octanol–water partition coefficient (Wildman–Crippen LogP) is 3.15. The van der Waals surface area contributed by atoms with Crippen LogP contribution in [0.5, 0.6) is 0 Å². The maximum atomic E-state index is 12.5. The second-order valence-electron chi connectivity index (χ2n) is 5.67. The van der Waals surface area contributed by atoms with Gasteiger partial charge in [0.25, 0.3) is 5.91 Å². The van der Waals surface area contributed by atoms with Gasteiger partial charge in [0.05, 0.1) is 11.1 Å². The second kappa shape index (κ2) is 7.81. The lowest BCUT2D eigenvalue weighted by molar-refractivity contribution is 0.0927. The van der Waals surface area contributed by atoms with Gasteiger partial charge in [-0.1, -0.05) is 35.3 Å². The first-order valence-corrected chi connectivity index (χ1v) is 8.02. The fourth-order valence-electron chi connectivity index (χ4n) is 2.24. The largest absolute Gasteiger partial charge is 0.344 e. The van der Waals surface area contributed by atoms with E-state index in [1.165, 1.54) is 4.68 Å². The van der Waals surface area contributed by atoms with E-state index in [0.29, 0.717) is 10.0 Å². The molecule has 2 aromatic rings. The number of aromatic nitrogens is 2. The molecule has 1 atom stereocenters. The molecule has 5 nitrogen and oxygen atoms in total.